The van der Waals surface area contributed by atoms with Crippen molar-refractivity contribution in [2.45, 2.75) is 76.2 Å². The molecule has 0 amide bonds. The first-order valence-electron chi connectivity index (χ1n) is 7.33. The van der Waals surface area contributed by atoms with Gasteiger partial charge < -0.3 is 0 Å². The van der Waals surface area contributed by atoms with Crippen LogP contribution in [-0.2, 0) is 0 Å². The molecule has 0 radical (unpaired) electrons. The summed E-state index contributed by atoms with van der Waals surface area (Å²) >= 11 is 0. The molecule has 1 aliphatic rings. The Bertz CT molecular complexity index is 150. The largest absolute Gasteiger partial charge is 0.105 e. The van der Waals surface area contributed by atoms with Gasteiger partial charge in [0.05, 0.1) is 14.3 Å². The van der Waals surface area contributed by atoms with Crippen molar-refractivity contribution in [1.29, 1.82) is 0 Å². The first kappa shape index (κ1) is 13.3. The molecule has 3 heteroatoms. The summed E-state index contributed by atoms with van der Waals surface area (Å²) in [5.41, 5.74) is 0. The Balaban J connectivity index is 2.26. The lowest BCUT2D eigenvalue weighted by Gasteiger charge is -2.14. The first-order valence-corrected chi connectivity index (χ1v) is 7.33. The van der Waals surface area contributed by atoms with E-state index in [0.717, 1.165) is 11.6 Å². The predicted molar refractivity (Wildman–Crippen MR) is 77.8 cm³/mol. The molecule has 1 fully saturated rings. The highest BCUT2D eigenvalue weighted by molar-refractivity contribution is 7.00. The van der Waals surface area contributed by atoms with Gasteiger partial charge in [0, 0.05) is 0 Å². The first-order chi connectivity index (χ1) is 7.33. The molecule has 0 bridgehead atoms. The van der Waals surface area contributed by atoms with E-state index >= 15 is 0 Å². The quantitative estimate of drug-likeness (QED) is 0.606. The maximum Gasteiger partial charge on any atom is 0.105 e. The summed E-state index contributed by atoms with van der Waals surface area (Å²) < 4.78 is 0. The summed E-state index contributed by atoms with van der Waals surface area (Å²) in [6.45, 7) is 2.34. The fourth-order valence-corrected chi connectivity index (χ4v) is 3.01. The lowest BCUT2D eigenvalue weighted by molar-refractivity contribution is 0.583. The van der Waals surface area contributed by atoms with Crippen LogP contribution in [0.5, 0.6) is 0 Å². The van der Waals surface area contributed by atoms with E-state index in [-0.39, 0.29) is 0 Å². The Labute approximate surface area is 98.9 Å². The van der Waals surface area contributed by atoms with Crippen LogP contribution in [0.3, 0.4) is 0 Å². The summed E-state index contributed by atoms with van der Waals surface area (Å²) in [7, 11) is 5.32. The Kier molecular flexibility index (Phi) is 7.39. The van der Waals surface area contributed by atoms with Gasteiger partial charge in [0.25, 0.3) is 0 Å². The summed E-state index contributed by atoms with van der Waals surface area (Å²) in [6.07, 6.45) is 13.5. The van der Waals surface area contributed by atoms with Gasteiger partial charge in [0.15, 0.2) is 0 Å². The summed E-state index contributed by atoms with van der Waals surface area (Å²) in [5, 5.41) is 0. The molecular formula is C12H27B3. The fraction of sp³-hybridized carbons (Fsp3) is 1.00. The minimum absolute atomic E-state index is 0.993. The monoisotopic (exact) mass is 204 g/mol. The second-order valence-electron chi connectivity index (χ2n) is 5.68. The number of hydrogen-bond acceptors (Lipinski definition) is 0. The zero-order chi connectivity index (χ0) is 10.9. The molecule has 84 valence electrons. The van der Waals surface area contributed by atoms with E-state index in [1.807, 2.05) is 0 Å². The summed E-state index contributed by atoms with van der Waals surface area (Å²) in [6, 6.07) is 0. The van der Waals surface area contributed by atoms with Crippen molar-refractivity contribution in [3.05, 3.63) is 0 Å². The normalized spacial score (nSPS) is 30.2. The number of hydrogen-bond donors (Lipinski definition) is 0. The molecule has 0 N–H and O–H groups in total. The maximum atomic E-state index is 2.45. The van der Waals surface area contributed by atoms with Gasteiger partial charge in [-0.2, -0.15) is 0 Å². The van der Waals surface area contributed by atoms with E-state index in [1.54, 1.807) is 0 Å². The second kappa shape index (κ2) is 8.36. The van der Waals surface area contributed by atoms with E-state index in [4.69, 9.17) is 0 Å². The lowest BCUT2D eigenvalue weighted by atomic mass is 9.34. The Morgan fingerprint density at radius 2 is 1.40 bits per heavy atom. The van der Waals surface area contributed by atoms with Crippen molar-refractivity contribution in [3.63, 3.8) is 0 Å². The molecular weight excluding hydrogens is 177 g/mol. The van der Waals surface area contributed by atoms with Crippen molar-refractivity contribution in [2.24, 2.45) is 0 Å². The minimum Gasteiger partial charge on any atom is -0.0958 e. The molecule has 1 aliphatic carbocycles. The molecule has 0 aromatic carbocycles. The third-order valence-corrected chi connectivity index (χ3v) is 4.07. The summed E-state index contributed by atoms with van der Waals surface area (Å²) in [4.78, 5) is 0. The molecule has 0 aromatic heterocycles. The van der Waals surface area contributed by atoms with Crippen LogP contribution < -0.4 is 0 Å². The van der Waals surface area contributed by atoms with Crippen molar-refractivity contribution in [3.8, 4) is 0 Å². The smallest absolute Gasteiger partial charge is 0.0958 e. The van der Waals surface area contributed by atoms with E-state index < -0.39 is 0 Å². The maximum absolute atomic E-state index is 2.45. The minimum atomic E-state index is 0.993. The van der Waals surface area contributed by atoms with Crippen LogP contribution in [0.25, 0.3) is 0 Å². The molecule has 2 atom stereocenters. The van der Waals surface area contributed by atoms with Crippen molar-refractivity contribution in [1.82, 2.24) is 0 Å². The van der Waals surface area contributed by atoms with Gasteiger partial charge in [-0.15, -0.1) is 0 Å². The second-order valence-corrected chi connectivity index (χ2v) is 5.68. The highest BCUT2D eigenvalue weighted by Gasteiger charge is 2.11. The predicted octanol–water partition coefficient (Wildman–Crippen LogP) is 2.56. The van der Waals surface area contributed by atoms with E-state index in [1.165, 1.54) is 72.1 Å². The van der Waals surface area contributed by atoms with E-state index in [0.29, 0.717) is 0 Å². The van der Waals surface area contributed by atoms with Gasteiger partial charge in [-0.25, -0.2) is 0 Å². The highest BCUT2D eigenvalue weighted by atomic mass is 14.1. The van der Waals surface area contributed by atoms with Gasteiger partial charge in [0.1, 0.15) is 7.85 Å². The van der Waals surface area contributed by atoms with Crippen LogP contribution in [-0.4, -0.2) is 22.2 Å². The average Bonchev–Trinajstić information content (AvgIpc) is 2.26. The van der Waals surface area contributed by atoms with Crippen LogP contribution in [0.2, 0.25) is 18.5 Å². The fourth-order valence-electron chi connectivity index (χ4n) is 3.01. The molecule has 2 unspecified atom stereocenters. The van der Waals surface area contributed by atoms with Crippen LogP contribution >= 0.6 is 0 Å². The SMILES string of the molecule is BC1CCCCCC(BBC)CCCC1. The van der Waals surface area contributed by atoms with Gasteiger partial charge >= 0.3 is 0 Å². The Morgan fingerprint density at radius 1 is 0.867 bits per heavy atom. The highest BCUT2D eigenvalue weighted by Crippen LogP contribution is 2.27. The molecule has 1 rings (SSSR count). The van der Waals surface area contributed by atoms with Crippen LogP contribution in [0.4, 0.5) is 0 Å². The van der Waals surface area contributed by atoms with Gasteiger partial charge in [0.2, 0.25) is 0 Å². The van der Waals surface area contributed by atoms with Gasteiger partial charge in [-0.1, -0.05) is 76.2 Å². The molecule has 15 heavy (non-hydrogen) atoms. The zero-order valence-electron chi connectivity index (χ0n) is 10.9. The van der Waals surface area contributed by atoms with Crippen molar-refractivity contribution in [2.75, 3.05) is 0 Å². The third kappa shape index (κ3) is 6.38. The van der Waals surface area contributed by atoms with E-state index in [9.17, 15) is 0 Å². The molecule has 0 saturated heterocycles. The standard InChI is InChI=1S/C12H27B3/c1-14-15-12-9-4-2-3-7-11(13)8-5-6-10-12/h11-12,14-15H,2-10,13H2,1H3. The molecule has 0 spiro atoms. The van der Waals surface area contributed by atoms with Crippen LogP contribution in [0, 0.1) is 0 Å². The molecule has 0 aromatic rings. The average molecular weight is 204 g/mol. The van der Waals surface area contributed by atoms with Crippen LogP contribution in [0.1, 0.15) is 57.8 Å². The molecule has 1 saturated carbocycles. The third-order valence-electron chi connectivity index (χ3n) is 4.07. The van der Waals surface area contributed by atoms with Crippen LogP contribution in [0.15, 0.2) is 0 Å². The van der Waals surface area contributed by atoms with Gasteiger partial charge in [-0.3, -0.25) is 0 Å². The van der Waals surface area contributed by atoms with Gasteiger partial charge in [-0.05, 0) is 0 Å². The number of rotatable bonds is 2. The topological polar surface area (TPSA) is 0 Å². The van der Waals surface area contributed by atoms with Crippen molar-refractivity contribution < 1.29 is 0 Å². The van der Waals surface area contributed by atoms with E-state index in [2.05, 4.69) is 14.7 Å². The zero-order valence-corrected chi connectivity index (χ0v) is 10.9. The lowest BCUT2D eigenvalue weighted by Crippen LogP contribution is -2.09. The Hall–Kier alpha value is 0.195. The molecule has 0 aliphatic heterocycles. The summed E-state index contributed by atoms with van der Waals surface area (Å²) in [5.74, 6) is 2.05. The Morgan fingerprint density at radius 3 is 2.07 bits per heavy atom. The van der Waals surface area contributed by atoms with Crippen molar-refractivity contribution >= 4 is 22.2 Å². The molecule has 0 nitrogen and oxygen atoms in total. The molecule has 0 heterocycles.